The first-order valence-corrected chi connectivity index (χ1v) is 12.5. The molecule has 2 aromatic rings. The molecule has 0 unspecified atom stereocenters. The van der Waals surface area contributed by atoms with Crippen LogP contribution in [0.15, 0.2) is 84.9 Å². The van der Waals surface area contributed by atoms with Gasteiger partial charge in [0.15, 0.2) is 0 Å². The molecule has 4 N–H and O–H groups in total. The molecule has 2 aliphatic heterocycles. The van der Waals surface area contributed by atoms with E-state index >= 15 is 0 Å². The van der Waals surface area contributed by atoms with Crippen LogP contribution in [-0.4, -0.2) is 23.1 Å². The van der Waals surface area contributed by atoms with Crippen molar-refractivity contribution < 1.29 is 0 Å². The third-order valence-electron chi connectivity index (χ3n) is 6.87. The van der Waals surface area contributed by atoms with Crippen LogP contribution in [0.25, 0.3) is 44.3 Å². The second kappa shape index (κ2) is 9.82. The lowest BCUT2D eigenvalue weighted by Gasteiger charge is -2.19. The van der Waals surface area contributed by atoms with Gasteiger partial charge in [0.05, 0.1) is 33.9 Å². The highest BCUT2D eigenvalue weighted by molar-refractivity contribution is 6.01. The Labute approximate surface area is 222 Å². The fourth-order valence-electron chi connectivity index (χ4n) is 5.18. The highest BCUT2D eigenvalue weighted by Gasteiger charge is 2.19. The lowest BCUT2D eigenvalue weighted by Crippen LogP contribution is -2.24. The van der Waals surface area contributed by atoms with E-state index < -0.39 is 0 Å². The van der Waals surface area contributed by atoms with Gasteiger partial charge in [0.2, 0.25) is 10.7 Å². The maximum absolute atomic E-state index is 11.8. The molecule has 10 nitrogen and oxygen atoms in total. The summed E-state index contributed by atoms with van der Waals surface area (Å²) in [4.78, 5) is 5.87. The van der Waals surface area contributed by atoms with E-state index in [4.69, 9.17) is 0 Å². The van der Waals surface area contributed by atoms with Crippen LogP contribution in [0.5, 0.6) is 0 Å². The molecule has 0 amide bonds. The average molecular weight is 521 g/mol. The van der Waals surface area contributed by atoms with Crippen molar-refractivity contribution in [3.05, 3.63) is 116 Å². The number of nitrogens with zero attached hydrogens (tertiary/aromatic N) is 2. The van der Waals surface area contributed by atoms with Crippen LogP contribution in [0.3, 0.4) is 0 Å². The lowest BCUT2D eigenvalue weighted by molar-refractivity contribution is 0.908. The van der Waals surface area contributed by atoms with E-state index in [0.29, 0.717) is 53.4 Å². The topological polar surface area (TPSA) is 154 Å². The van der Waals surface area contributed by atoms with Crippen LogP contribution in [0.1, 0.15) is 6.42 Å². The maximum Gasteiger partial charge on any atom is 0.234 e. The maximum atomic E-state index is 11.8. The molecule has 2 aromatic carbocycles. The van der Waals surface area contributed by atoms with Gasteiger partial charge in [0.25, 0.3) is 0 Å². The molecule has 0 atom stereocenters. The van der Waals surface area contributed by atoms with Gasteiger partial charge in [-0.1, -0.05) is 48.5 Å². The Bertz CT molecular complexity index is 1760. The van der Waals surface area contributed by atoms with Crippen LogP contribution in [0.4, 0.5) is 11.4 Å². The molecule has 4 aliphatic rings. The molecule has 10 heteroatoms. The Hall–Kier alpha value is -5.38. The number of anilines is 2. The predicted molar refractivity (Wildman–Crippen MR) is 155 cm³/mol. The number of H-pyrrole nitrogens is 2. The average Bonchev–Trinajstić information content (AvgIpc) is 2.95. The number of benzene rings is 4. The van der Waals surface area contributed by atoms with Gasteiger partial charge in [-0.2, -0.15) is 9.80 Å². The van der Waals surface area contributed by atoms with Crippen molar-refractivity contribution in [3.63, 3.8) is 0 Å². The summed E-state index contributed by atoms with van der Waals surface area (Å²) in [5, 5.41) is 56.0. The van der Waals surface area contributed by atoms with E-state index in [1.807, 2.05) is 60.7 Å². The van der Waals surface area contributed by atoms with Gasteiger partial charge in [-0.05, 0) is 30.7 Å². The molecule has 0 fully saturated rings. The number of nitrogens with one attached hydrogen (secondary N) is 4. The van der Waals surface area contributed by atoms with Crippen molar-refractivity contribution in [1.29, 1.82) is 0 Å². The molecular weight excluding hydrogens is 496 g/mol. The molecule has 0 aromatic heterocycles. The molecule has 0 spiro atoms. The van der Waals surface area contributed by atoms with Crippen molar-refractivity contribution in [1.82, 2.24) is 19.8 Å². The zero-order valence-electron chi connectivity index (χ0n) is 20.7. The monoisotopic (exact) mass is 520 g/mol. The number of fused-ring (bicyclic) bond motifs is 4. The third kappa shape index (κ3) is 4.27. The Morgan fingerprint density at radius 1 is 0.538 bits per heavy atom. The smallest absolute Gasteiger partial charge is 0.234 e. The molecule has 196 valence electrons. The second-order valence-electron chi connectivity index (χ2n) is 9.21. The highest BCUT2D eigenvalue weighted by Crippen LogP contribution is 2.34. The summed E-state index contributed by atoms with van der Waals surface area (Å²) in [7, 11) is 0. The second-order valence-corrected chi connectivity index (χ2v) is 9.21. The van der Waals surface area contributed by atoms with E-state index in [2.05, 4.69) is 20.6 Å². The van der Waals surface area contributed by atoms with Gasteiger partial charge >= 0.3 is 0 Å². The van der Waals surface area contributed by atoms with Gasteiger partial charge in [0.1, 0.15) is 0 Å². The zero-order valence-corrected chi connectivity index (χ0v) is 20.7. The number of aromatic amines is 2. The minimum absolute atomic E-state index is 0.0286. The van der Waals surface area contributed by atoms with E-state index in [1.54, 1.807) is 12.1 Å². The summed E-state index contributed by atoms with van der Waals surface area (Å²) < 4.78 is 0. The Balaban J connectivity index is 1.32. The van der Waals surface area contributed by atoms with Crippen LogP contribution >= 0.6 is 0 Å². The first-order chi connectivity index (χ1) is 19.0. The standard InChI is InChI=1S/C29H24N6O4/c36-34(37)24-14-5-12-22-26(24)28(18-8-1-3-10-20(18)32-22)30-16-7-17-31-29-19-9-2-4-11-21(19)33-23-13-6-15-25(27(23)29)35(38)39/h1-6,8-15,30-33H,7,16-17H2/q-2. The van der Waals surface area contributed by atoms with E-state index in [0.717, 1.165) is 21.8 Å². The SMILES string of the molecule is [O-][N+]([O-])=c1cccc2[nH]c3ccccc3c(NCCCNc3c4c(=[N+]([O-])[O-])cccc-4[nH]c4ccccc34)c1-2. The van der Waals surface area contributed by atoms with E-state index in [1.165, 1.54) is 12.1 Å². The Morgan fingerprint density at radius 3 is 1.41 bits per heavy atom. The number of pyridine rings is 2. The van der Waals surface area contributed by atoms with Crippen molar-refractivity contribution in [2.45, 2.75) is 6.42 Å². The summed E-state index contributed by atoms with van der Waals surface area (Å²) in [6.45, 7) is 1.05. The Morgan fingerprint density at radius 2 is 0.974 bits per heavy atom. The summed E-state index contributed by atoms with van der Waals surface area (Å²) in [5.41, 5.74) is 5.55. The number of aromatic nitrogens is 2. The zero-order chi connectivity index (χ0) is 26.9. The molecule has 39 heavy (non-hydrogen) atoms. The fourth-order valence-corrected chi connectivity index (χ4v) is 5.18. The van der Waals surface area contributed by atoms with Crippen molar-refractivity contribution in [3.8, 4) is 22.5 Å². The summed E-state index contributed by atoms with van der Waals surface area (Å²) in [5.74, 6) is 0. The van der Waals surface area contributed by atoms with Gasteiger partial charge < -0.3 is 41.4 Å². The molecule has 2 heterocycles. The molecule has 0 bridgehead atoms. The first-order valence-electron chi connectivity index (χ1n) is 12.5. The van der Waals surface area contributed by atoms with Gasteiger partial charge in [0, 0.05) is 47.0 Å². The lowest BCUT2D eigenvalue weighted by atomic mass is 10.0. The van der Waals surface area contributed by atoms with Crippen molar-refractivity contribution in [2.75, 3.05) is 23.7 Å². The molecular formula is C29H24N6O4-2. The highest BCUT2D eigenvalue weighted by atomic mass is 16.8. The largest absolute Gasteiger partial charge is 0.612 e. The minimum atomic E-state index is -0.368. The number of hydrogen-bond donors (Lipinski definition) is 4. The number of para-hydroxylation sites is 2. The van der Waals surface area contributed by atoms with Crippen LogP contribution < -0.4 is 31.2 Å². The van der Waals surface area contributed by atoms with Crippen LogP contribution in [-0.2, 0) is 0 Å². The molecule has 2 aliphatic carbocycles. The van der Waals surface area contributed by atoms with Crippen LogP contribution in [0.2, 0.25) is 0 Å². The summed E-state index contributed by atoms with van der Waals surface area (Å²) >= 11 is 0. The van der Waals surface area contributed by atoms with Gasteiger partial charge in [-0.25, -0.2) is 0 Å². The minimum Gasteiger partial charge on any atom is -0.612 e. The van der Waals surface area contributed by atoms with E-state index in [9.17, 15) is 20.8 Å². The van der Waals surface area contributed by atoms with E-state index in [-0.39, 0.29) is 20.5 Å². The molecule has 0 radical (unpaired) electrons. The molecule has 0 saturated carbocycles. The quantitative estimate of drug-likeness (QED) is 0.146. The summed E-state index contributed by atoms with van der Waals surface area (Å²) in [6, 6.07) is 25.4. The van der Waals surface area contributed by atoms with Crippen molar-refractivity contribution >= 4 is 33.2 Å². The van der Waals surface area contributed by atoms with Crippen molar-refractivity contribution in [2.24, 2.45) is 0 Å². The normalized spacial score (nSPS) is 11.3. The third-order valence-corrected chi connectivity index (χ3v) is 6.87. The van der Waals surface area contributed by atoms with Gasteiger partial charge in [-0.15, -0.1) is 0 Å². The van der Waals surface area contributed by atoms with Gasteiger partial charge in [-0.3, -0.25) is 0 Å². The number of rotatable bonds is 6. The molecule has 6 rings (SSSR count). The predicted octanol–water partition coefficient (Wildman–Crippen LogP) is 4.31. The van der Waals surface area contributed by atoms with Crippen LogP contribution in [0, 0.1) is 20.8 Å². The number of hydrogen-bond acceptors (Lipinski definition) is 6. The Kier molecular flexibility index (Phi) is 6.04. The first kappa shape index (κ1) is 24.0. The molecule has 0 saturated heterocycles. The summed E-state index contributed by atoms with van der Waals surface area (Å²) in [6.07, 6.45) is 0.657. The fraction of sp³-hybridized carbons (Fsp3) is 0.103.